The minimum Gasteiger partial charge on any atom is -0.550 e. The molecule has 7 nitrogen and oxygen atoms in total. The molecule has 0 N–H and O–H groups in total. The van der Waals surface area contributed by atoms with Crippen LogP contribution in [-0.4, -0.2) is 53.2 Å². The summed E-state index contributed by atoms with van der Waals surface area (Å²) >= 11 is 1.29. The first-order chi connectivity index (χ1) is 12.2. The summed E-state index contributed by atoms with van der Waals surface area (Å²) in [6.07, 6.45) is -0.599. The lowest BCUT2D eigenvalue weighted by Gasteiger charge is -2.24. The number of thioether (sulfide) groups is 1. The van der Waals surface area contributed by atoms with E-state index in [9.17, 15) is 23.1 Å². The average Bonchev–Trinajstić information content (AvgIpc) is 3.00. The maximum Gasteiger partial charge on any atom is 0.248 e. The molecule has 0 aliphatic carbocycles. The van der Waals surface area contributed by atoms with Gasteiger partial charge in [0.25, 0.3) is 0 Å². The highest BCUT2D eigenvalue weighted by Crippen LogP contribution is 2.39. The highest BCUT2D eigenvalue weighted by Gasteiger charge is 2.48. The topological polar surface area (TPSA) is 107 Å². The number of aliphatic imine (C=N–C) groups is 1. The van der Waals surface area contributed by atoms with Gasteiger partial charge in [-0.25, -0.2) is 8.42 Å². The number of carboxylic acids is 1. The van der Waals surface area contributed by atoms with Crippen molar-refractivity contribution in [2.45, 2.75) is 37.6 Å². The number of carbonyl (C=O) groups is 2. The summed E-state index contributed by atoms with van der Waals surface area (Å²) in [6.45, 7) is 2.44. The van der Waals surface area contributed by atoms with Crippen LogP contribution in [0.15, 0.2) is 29.3 Å². The van der Waals surface area contributed by atoms with E-state index >= 15 is 0 Å². The molecule has 26 heavy (non-hydrogen) atoms. The molecular formula is C17H19N2O5S2-. The second kappa shape index (κ2) is 7.40. The number of fused-ring (bicyclic) bond motifs is 1. The van der Waals surface area contributed by atoms with Crippen LogP contribution in [0.2, 0.25) is 0 Å². The quantitative estimate of drug-likeness (QED) is 0.697. The Bertz CT molecular complexity index is 848. The molecule has 3 rings (SSSR count). The second-order valence-corrected chi connectivity index (χ2v) is 9.93. The zero-order valence-corrected chi connectivity index (χ0v) is 15.9. The summed E-state index contributed by atoms with van der Waals surface area (Å²) in [6, 6.07) is 7.66. The minimum absolute atomic E-state index is 0.0444. The van der Waals surface area contributed by atoms with Gasteiger partial charge in [-0.05, 0) is 18.9 Å². The Morgan fingerprint density at radius 2 is 1.92 bits per heavy atom. The molecule has 2 saturated heterocycles. The largest absolute Gasteiger partial charge is 0.550 e. The fourth-order valence-electron chi connectivity index (χ4n) is 3.08. The number of benzene rings is 1. The Kier molecular flexibility index (Phi) is 5.38. The van der Waals surface area contributed by atoms with Crippen molar-refractivity contribution < 1.29 is 23.1 Å². The van der Waals surface area contributed by atoms with Crippen LogP contribution < -0.4 is 5.11 Å². The molecule has 2 aliphatic heterocycles. The van der Waals surface area contributed by atoms with E-state index in [0.29, 0.717) is 11.7 Å². The summed E-state index contributed by atoms with van der Waals surface area (Å²) in [4.78, 5) is 28.4. The van der Waals surface area contributed by atoms with E-state index in [-0.39, 0.29) is 35.6 Å². The fraction of sp³-hybridized carbons (Fsp3) is 0.471. The highest BCUT2D eigenvalue weighted by atomic mass is 32.2. The highest BCUT2D eigenvalue weighted by molar-refractivity contribution is 8.15. The molecule has 2 fully saturated rings. The zero-order chi connectivity index (χ0) is 18.9. The molecule has 0 aromatic heterocycles. The third-order valence-corrected chi connectivity index (χ3v) is 7.66. The molecule has 2 heterocycles. The summed E-state index contributed by atoms with van der Waals surface area (Å²) in [5.74, 6) is -1.72. The molecule has 1 aromatic carbocycles. The zero-order valence-electron chi connectivity index (χ0n) is 14.3. The summed E-state index contributed by atoms with van der Waals surface area (Å²) in [5, 5.41) is 10.8. The van der Waals surface area contributed by atoms with Gasteiger partial charge in [0.15, 0.2) is 15.0 Å². The molecular weight excluding hydrogens is 376 g/mol. The molecule has 0 unspecified atom stereocenters. The molecule has 9 heteroatoms. The van der Waals surface area contributed by atoms with Crippen LogP contribution in [0.25, 0.3) is 0 Å². The standard InChI is InChI=1S/C17H20N2O5S2/c1-11-2-4-12(5-3-11)8-19-13-9-26(23,24)10-14(13)25-17(19)18-15(20)6-7-16(21)22/h2-5,13-14H,6-10H2,1H3,(H,21,22)/p-1/t13-,14+/m1/s1. The van der Waals surface area contributed by atoms with Crippen LogP contribution in [0.1, 0.15) is 24.0 Å². The van der Waals surface area contributed by atoms with Crippen LogP contribution in [-0.2, 0) is 26.0 Å². The van der Waals surface area contributed by atoms with Crippen molar-refractivity contribution in [2.24, 2.45) is 4.99 Å². The van der Waals surface area contributed by atoms with Crippen LogP contribution in [0.5, 0.6) is 0 Å². The van der Waals surface area contributed by atoms with Gasteiger partial charge < -0.3 is 14.8 Å². The molecule has 0 spiro atoms. The number of carbonyl (C=O) groups excluding carboxylic acids is 2. The molecule has 1 amide bonds. The molecule has 2 atom stereocenters. The summed E-state index contributed by atoms with van der Waals surface area (Å²) < 4.78 is 23.9. The Morgan fingerprint density at radius 1 is 1.23 bits per heavy atom. The summed E-state index contributed by atoms with van der Waals surface area (Å²) in [7, 11) is -3.10. The lowest BCUT2D eigenvalue weighted by atomic mass is 10.1. The predicted octanol–water partition coefficient (Wildman–Crippen LogP) is 0.122. The van der Waals surface area contributed by atoms with Crippen molar-refractivity contribution in [3.8, 4) is 0 Å². The lowest BCUT2D eigenvalue weighted by Crippen LogP contribution is -2.37. The molecule has 0 radical (unpaired) electrons. The Labute approximate surface area is 156 Å². The first kappa shape index (κ1) is 18.9. The number of amides is 1. The first-order valence-corrected chi connectivity index (χ1v) is 10.9. The smallest absolute Gasteiger partial charge is 0.248 e. The van der Waals surface area contributed by atoms with E-state index in [0.717, 1.165) is 11.1 Å². The number of amidine groups is 1. The van der Waals surface area contributed by atoms with E-state index < -0.39 is 21.7 Å². The van der Waals surface area contributed by atoms with Gasteiger partial charge in [0.1, 0.15) is 0 Å². The van der Waals surface area contributed by atoms with Gasteiger partial charge in [0, 0.05) is 24.2 Å². The van der Waals surface area contributed by atoms with E-state index in [1.54, 1.807) is 0 Å². The van der Waals surface area contributed by atoms with Crippen molar-refractivity contribution in [1.82, 2.24) is 4.90 Å². The van der Waals surface area contributed by atoms with Crippen LogP contribution in [0, 0.1) is 6.92 Å². The van der Waals surface area contributed by atoms with Crippen molar-refractivity contribution in [2.75, 3.05) is 11.5 Å². The molecule has 0 bridgehead atoms. The number of rotatable bonds is 5. The van der Waals surface area contributed by atoms with Crippen molar-refractivity contribution in [3.63, 3.8) is 0 Å². The third kappa shape index (κ3) is 4.45. The first-order valence-electron chi connectivity index (χ1n) is 8.24. The van der Waals surface area contributed by atoms with Crippen molar-refractivity contribution in [3.05, 3.63) is 35.4 Å². The third-order valence-electron chi connectivity index (χ3n) is 4.41. The van der Waals surface area contributed by atoms with Gasteiger partial charge in [0.05, 0.1) is 17.5 Å². The Balaban J connectivity index is 1.82. The predicted molar refractivity (Wildman–Crippen MR) is 97.2 cm³/mol. The number of aryl methyl sites for hydroxylation is 1. The molecule has 1 aromatic rings. The number of nitrogens with zero attached hydrogens (tertiary/aromatic N) is 2. The van der Waals surface area contributed by atoms with E-state index in [4.69, 9.17) is 0 Å². The number of aliphatic carboxylic acids is 1. The normalized spacial score (nSPS) is 25.4. The van der Waals surface area contributed by atoms with Gasteiger partial charge in [-0.1, -0.05) is 41.6 Å². The Morgan fingerprint density at radius 3 is 2.58 bits per heavy atom. The SMILES string of the molecule is Cc1ccc(CN2C(=NC(=O)CCC(=O)[O-])S[C@H]3CS(=O)(=O)C[C@H]32)cc1. The monoisotopic (exact) mass is 395 g/mol. The molecule has 2 aliphatic rings. The number of sulfone groups is 1. The second-order valence-electron chi connectivity index (χ2n) is 6.57. The number of carboxylic acid groups (broad SMARTS) is 1. The van der Waals surface area contributed by atoms with Gasteiger partial charge in [0.2, 0.25) is 5.91 Å². The average molecular weight is 395 g/mol. The minimum atomic E-state index is -3.10. The number of hydrogen-bond donors (Lipinski definition) is 0. The van der Waals surface area contributed by atoms with Crippen LogP contribution >= 0.6 is 11.8 Å². The number of hydrogen-bond acceptors (Lipinski definition) is 6. The van der Waals surface area contributed by atoms with Gasteiger partial charge in [-0.3, -0.25) is 4.79 Å². The van der Waals surface area contributed by atoms with Crippen molar-refractivity contribution in [1.29, 1.82) is 0 Å². The van der Waals surface area contributed by atoms with E-state index in [2.05, 4.69) is 4.99 Å². The fourth-order valence-corrected chi connectivity index (χ4v) is 7.05. The van der Waals surface area contributed by atoms with Gasteiger partial charge in [-0.2, -0.15) is 4.99 Å². The molecule has 140 valence electrons. The van der Waals surface area contributed by atoms with E-state index in [1.807, 2.05) is 36.1 Å². The maximum absolute atomic E-state index is 12.0. The molecule has 0 saturated carbocycles. The maximum atomic E-state index is 12.0. The van der Waals surface area contributed by atoms with Crippen LogP contribution in [0.4, 0.5) is 0 Å². The van der Waals surface area contributed by atoms with Crippen LogP contribution in [0.3, 0.4) is 0 Å². The lowest BCUT2D eigenvalue weighted by molar-refractivity contribution is -0.305. The Hall–Kier alpha value is -1.87. The summed E-state index contributed by atoms with van der Waals surface area (Å²) in [5.41, 5.74) is 2.12. The van der Waals surface area contributed by atoms with Crippen molar-refractivity contribution >= 4 is 38.6 Å². The van der Waals surface area contributed by atoms with E-state index in [1.165, 1.54) is 11.8 Å². The van der Waals surface area contributed by atoms with Gasteiger partial charge in [-0.15, -0.1) is 0 Å². The van der Waals surface area contributed by atoms with Gasteiger partial charge >= 0.3 is 0 Å².